The van der Waals surface area contributed by atoms with Gasteiger partial charge in [-0.05, 0) is 24.3 Å². The number of aromatic nitrogens is 1. The summed E-state index contributed by atoms with van der Waals surface area (Å²) in [6.07, 6.45) is 1.64. The first-order valence-corrected chi connectivity index (χ1v) is 9.93. The van der Waals surface area contributed by atoms with Crippen molar-refractivity contribution in [3.63, 3.8) is 0 Å². The van der Waals surface area contributed by atoms with Gasteiger partial charge in [0.05, 0.1) is 30.5 Å². The van der Waals surface area contributed by atoms with Crippen LogP contribution in [0.2, 0.25) is 15.1 Å². The van der Waals surface area contributed by atoms with E-state index >= 15 is 0 Å². The summed E-state index contributed by atoms with van der Waals surface area (Å²) in [6.45, 7) is 0. The molecule has 8 heteroatoms. The number of benzene rings is 2. The molecule has 1 heterocycles. The lowest BCUT2D eigenvalue weighted by atomic mass is 10.1. The molecule has 4 nitrogen and oxygen atoms in total. The van der Waals surface area contributed by atoms with E-state index in [0.29, 0.717) is 37.7 Å². The molecule has 0 amide bonds. The van der Waals surface area contributed by atoms with Crippen LogP contribution in [0.3, 0.4) is 0 Å². The third-order valence-corrected chi connectivity index (χ3v) is 5.61. The Balaban J connectivity index is 2.04. The molecule has 0 bridgehead atoms. The first-order chi connectivity index (χ1) is 13.5. The van der Waals surface area contributed by atoms with Gasteiger partial charge in [-0.25, -0.2) is 4.98 Å². The first-order valence-electron chi connectivity index (χ1n) is 7.92. The smallest absolute Gasteiger partial charge is 0.159 e. The highest BCUT2D eigenvalue weighted by atomic mass is 35.5. The lowest BCUT2D eigenvalue weighted by Gasteiger charge is -2.13. The Labute approximate surface area is 181 Å². The number of allylic oxidation sites excluding steroid dienone is 1. The molecule has 0 saturated heterocycles. The van der Waals surface area contributed by atoms with Gasteiger partial charge in [-0.3, -0.25) is 0 Å². The van der Waals surface area contributed by atoms with Gasteiger partial charge in [0.1, 0.15) is 21.8 Å². The minimum absolute atomic E-state index is 0.238. The largest absolute Gasteiger partial charge is 0.494 e. The van der Waals surface area contributed by atoms with Gasteiger partial charge in [-0.2, -0.15) is 5.26 Å². The van der Waals surface area contributed by atoms with Crippen molar-refractivity contribution in [1.82, 2.24) is 4.98 Å². The predicted octanol–water partition coefficient (Wildman–Crippen LogP) is 6.85. The number of ether oxygens (including phenoxy) is 2. The second kappa shape index (κ2) is 8.85. The summed E-state index contributed by atoms with van der Waals surface area (Å²) in [6, 6.07) is 11.2. The molecule has 0 spiro atoms. The molecule has 0 aliphatic heterocycles. The fourth-order valence-corrected chi connectivity index (χ4v) is 4.18. The highest BCUT2D eigenvalue weighted by Gasteiger charge is 2.18. The van der Waals surface area contributed by atoms with Gasteiger partial charge < -0.3 is 9.47 Å². The van der Waals surface area contributed by atoms with Crippen molar-refractivity contribution in [2.75, 3.05) is 14.2 Å². The van der Waals surface area contributed by atoms with Crippen molar-refractivity contribution in [2.24, 2.45) is 0 Å². The molecule has 0 radical (unpaired) electrons. The highest BCUT2D eigenvalue weighted by molar-refractivity contribution is 7.11. The van der Waals surface area contributed by atoms with Crippen molar-refractivity contribution >= 4 is 57.8 Å². The van der Waals surface area contributed by atoms with Crippen LogP contribution in [-0.2, 0) is 0 Å². The Bertz CT molecular complexity index is 1090. The van der Waals surface area contributed by atoms with Crippen LogP contribution < -0.4 is 9.47 Å². The van der Waals surface area contributed by atoms with Crippen molar-refractivity contribution in [1.29, 1.82) is 5.26 Å². The van der Waals surface area contributed by atoms with Gasteiger partial charge in [0.2, 0.25) is 0 Å². The number of methoxy groups -OCH3 is 2. The van der Waals surface area contributed by atoms with Crippen LogP contribution in [0.1, 0.15) is 10.6 Å². The van der Waals surface area contributed by atoms with E-state index in [0.717, 1.165) is 11.3 Å². The van der Waals surface area contributed by atoms with E-state index in [1.165, 1.54) is 25.6 Å². The third kappa shape index (κ3) is 4.11. The summed E-state index contributed by atoms with van der Waals surface area (Å²) < 4.78 is 10.6. The summed E-state index contributed by atoms with van der Waals surface area (Å²) in [4.78, 5) is 4.56. The van der Waals surface area contributed by atoms with Crippen LogP contribution >= 0.6 is 46.1 Å². The van der Waals surface area contributed by atoms with E-state index in [1.54, 1.807) is 24.3 Å². The van der Waals surface area contributed by atoms with Crippen LogP contribution in [-0.4, -0.2) is 19.2 Å². The zero-order valence-electron chi connectivity index (χ0n) is 14.8. The fraction of sp³-hybridized carbons (Fsp3) is 0.100. The zero-order chi connectivity index (χ0) is 20.3. The van der Waals surface area contributed by atoms with Crippen LogP contribution in [0.4, 0.5) is 0 Å². The number of hydrogen-bond donors (Lipinski definition) is 0. The normalized spacial score (nSPS) is 11.2. The molecule has 28 heavy (non-hydrogen) atoms. The van der Waals surface area contributed by atoms with Gasteiger partial charge in [-0.15, -0.1) is 11.3 Å². The monoisotopic (exact) mass is 450 g/mol. The number of rotatable bonds is 5. The molecule has 142 valence electrons. The summed E-state index contributed by atoms with van der Waals surface area (Å²) in [5, 5.41) is 13.3. The van der Waals surface area contributed by atoms with Crippen LogP contribution in [0.25, 0.3) is 22.9 Å². The summed E-state index contributed by atoms with van der Waals surface area (Å²) in [5.74, 6) is 0.681. The lowest BCUT2D eigenvalue weighted by Crippen LogP contribution is -1.94. The van der Waals surface area contributed by atoms with E-state index in [-0.39, 0.29) is 5.02 Å². The summed E-state index contributed by atoms with van der Waals surface area (Å²) >= 11 is 19.8. The molecule has 3 rings (SSSR count). The first kappa shape index (κ1) is 20.5. The molecule has 0 aliphatic carbocycles. The van der Waals surface area contributed by atoms with E-state index in [2.05, 4.69) is 11.1 Å². The van der Waals surface area contributed by atoms with Crippen molar-refractivity contribution < 1.29 is 9.47 Å². The molecular weight excluding hydrogens is 439 g/mol. The van der Waals surface area contributed by atoms with Crippen LogP contribution in [0.15, 0.2) is 35.7 Å². The van der Waals surface area contributed by atoms with Gasteiger partial charge in [0.25, 0.3) is 0 Å². The minimum atomic E-state index is 0.238. The Morgan fingerprint density at radius 3 is 2.39 bits per heavy atom. The maximum Gasteiger partial charge on any atom is 0.159 e. The zero-order valence-corrected chi connectivity index (χ0v) is 17.9. The van der Waals surface area contributed by atoms with E-state index in [9.17, 15) is 5.26 Å². The molecule has 3 aromatic rings. The van der Waals surface area contributed by atoms with Crippen molar-refractivity contribution in [3.8, 4) is 28.8 Å². The van der Waals surface area contributed by atoms with E-state index < -0.39 is 0 Å². The highest BCUT2D eigenvalue weighted by Crippen LogP contribution is 2.43. The summed E-state index contributed by atoms with van der Waals surface area (Å²) in [7, 11) is 2.95. The Hall–Kier alpha value is -2.23. The minimum Gasteiger partial charge on any atom is -0.494 e. The van der Waals surface area contributed by atoms with Gasteiger partial charge in [-0.1, -0.05) is 46.9 Å². The maximum atomic E-state index is 9.66. The molecule has 0 saturated carbocycles. The van der Waals surface area contributed by atoms with E-state index in [4.69, 9.17) is 44.3 Å². The van der Waals surface area contributed by atoms with E-state index in [1.807, 2.05) is 17.5 Å². The standard InChI is InChI=1S/C20H13Cl3N2O2S/c1-26-18-12(8-15(22)19(27-2)17(18)23)7-13(9-24)20-25-16(10-28-20)11-3-5-14(21)6-4-11/h3-8,10H,1-2H3/b13-7-. The van der Waals surface area contributed by atoms with Crippen molar-refractivity contribution in [2.45, 2.75) is 0 Å². The van der Waals surface area contributed by atoms with Crippen molar-refractivity contribution in [3.05, 3.63) is 61.4 Å². The maximum absolute atomic E-state index is 9.66. The molecule has 0 fully saturated rings. The Kier molecular flexibility index (Phi) is 6.48. The second-order valence-corrected chi connectivity index (χ2v) is 7.62. The Morgan fingerprint density at radius 2 is 1.79 bits per heavy atom. The average Bonchev–Trinajstić information content (AvgIpc) is 3.17. The summed E-state index contributed by atoms with van der Waals surface area (Å²) in [5.41, 5.74) is 2.59. The number of hydrogen-bond acceptors (Lipinski definition) is 5. The van der Waals surface area contributed by atoms with Gasteiger partial charge in [0.15, 0.2) is 5.75 Å². The molecule has 0 atom stereocenters. The molecule has 2 aromatic carbocycles. The third-order valence-electron chi connectivity index (χ3n) is 3.86. The van der Waals surface area contributed by atoms with Gasteiger partial charge in [0, 0.05) is 21.5 Å². The SMILES string of the molecule is COc1c(Cl)cc(/C=C(/C#N)c2nc(-c3ccc(Cl)cc3)cs2)c(OC)c1Cl. The van der Waals surface area contributed by atoms with Crippen LogP contribution in [0.5, 0.6) is 11.5 Å². The topological polar surface area (TPSA) is 55.1 Å². The van der Waals surface area contributed by atoms with Gasteiger partial charge >= 0.3 is 0 Å². The molecule has 0 aliphatic rings. The van der Waals surface area contributed by atoms with Crippen LogP contribution in [0, 0.1) is 11.3 Å². The lowest BCUT2D eigenvalue weighted by molar-refractivity contribution is 0.394. The molecule has 1 aromatic heterocycles. The number of nitrogens with zero attached hydrogens (tertiary/aromatic N) is 2. The molecule has 0 N–H and O–H groups in total. The number of thiazole rings is 1. The number of nitriles is 1. The second-order valence-electron chi connectivity index (χ2n) is 5.54. The predicted molar refractivity (Wildman–Crippen MR) is 116 cm³/mol. The fourth-order valence-electron chi connectivity index (χ4n) is 2.55. The molecule has 0 unspecified atom stereocenters. The quantitative estimate of drug-likeness (QED) is 0.398. The Morgan fingerprint density at radius 1 is 1.11 bits per heavy atom. The molecular formula is C20H13Cl3N2O2S. The average molecular weight is 452 g/mol. The number of halogens is 3.